The zero-order valence-electron chi connectivity index (χ0n) is 11.7. The molecule has 0 saturated carbocycles. The van der Waals surface area contributed by atoms with E-state index in [-0.39, 0.29) is 13.2 Å². The largest absolute Gasteiger partial charge is 0.539 e. The molecule has 0 saturated heterocycles. The molecule has 0 radical (unpaired) electrons. The number of hydrogen-bond donors (Lipinski definition) is 0. The molecule has 0 aromatic heterocycles. The van der Waals surface area contributed by atoms with Gasteiger partial charge in [-0.05, 0) is 13.8 Å². The van der Waals surface area contributed by atoms with Crippen molar-refractivity contribution in [3.8, 4) is 0 Å². The lowest BCUT2D eigenvalue weighted by Gasteiger charge is -2.31. The van der Waals surface area contributed by atoms with Gasteiger partial charge in [0, 0.05) is 25.3 Å². The van der Waals surface area contributed by atoms with Crippen LogP contribution in [0.15, 0.2) is 30.3 Å². The average Bonchev–Trinajstić information content (AvgIpc) is 2.39. The van der Waals surface area contributed by atoms with Crippen LogP contribution >= 0.6 is 0 Å². The standard InChI is InChI=1S/C13H19F3O3Si/c1-4-17-20(18-5-2,11-9-7-6-8-10-11)19-12(14)13(3,15)16/h6-10,12H,4-5H2,1-3H3. The molecule has 0 aliphatic carbocycles. The van der Waals surface area contributed by atoms with E-state index in [1.165, 1.54) is 0 Å². The van der Waals surface area contributed by atoms with Gasteiger partial charge in [-0.15, -0.1) is 0 Å². The second-order valence-electron chi connectivity index (χ2n) is 4.18. The van der Waals surface area contributed by atoms with Crippen LogP contribution in [0.5, 0.6) is 0 Å². The van der Waals surface area contributed by atoms with Gasteiger partial charge in [-0.25, -0.2) is 13.2 Å². The predicted molar refractivity (Wildman–Crippen MR) is 71.7 cm³/mol. The molecule has 0 fully saturated rings. The molecule has 0 spiro atoms. The average molecular weight is 308 g/mol. The summed E-state index contributed by atoms with van der Waals surface area (Å²) in [7, 11) is -3.70. The third-order valence-corrected chi connectivity index (χ3v) is 5.35. The molecule has 1 atom stereocenters. The first-order chi connectivity index (χ1) is 9.35. The first kappa shape index (κ1) is 17.2. The second kappa shape index (κ2) is 7.21. The van der Waals surface area contributed by atoms with E-state index < -0.39 is 21.1 Å². The highest BCUT2D eigenvalue weighted by molar-refractivity contribution is 6.75. The van der Waals surface area contributed by atoms with E-state index >= 15 is 0 Å². The van der Waals surface area contributed by atoms with Gasteiger partial charge >= 0.3 is 8.80 Å². The molecule has 0 bridgehead atoms. The minimum Gasteiger partial charge on any atom is -0.370 e. The van der Waals surface area contributed by atoms with Gasteiger partial charge < -0.3 is 13.3 Å². The minimum absolute atomic E-state index is 0.170. The molecule has 7 heteroatoms. The molecule has 114 valence electrons. The van der Waals surface area contributed by atoms with Crippen LogP contribution in [0.3, 0.4) is 0 Å². The maximum absolute atomic E-state index is 13.6. The molecule has 0 N–H and O–H groups in total. The van der Waals surface area contributed by atoms with E-state index in [0.717, 1.165) is 0 Å². The summed E-state index contributed by atoms with van der Waals surface area (Å²) in [4.78, 5) is 0. The summed E-state index contributed by atoms with van der Waals surface area (Å²) in [5.74, 6) is -3.62. The van der Waals surface area contributed by atoms with Crippen LogP contribution in [-0.4, -0.2) is 34.3 Å². The van der Waals surface area contributed by atoms with Gasteiger partial charge in [0.05, 0.1) is 0 Å². The van der Waals surface area contributed by atoms with Crippen molar-refractivity contribution in [3.05, 3.63) is 30.3 Å². The van der Waals surface area contributed by atoms with Crippen LogP contribution in [0.4, 0.5) is 13.2 Å². The number of rotatable bonds is 8. The molecule has 1 unspecified atom stereocenters. The zero-order chi connectivity index (χ0) is 15.2. The van der Waals surface area contributed by atoms with Crippen LogP contribution in [0.2, 0.25) is 0 Å². The first-order valence-electron chi connectivity index (χ1n) is 6.39. The van der Waals surface area contributed by atoms with E-state index in [1.54, 1.807) is 44.2 Å². The predicted octanol–water partition coefficient (Wildman–Crippen LogP) is 2.87. The van der Waals surface area contributed by atoms with Crippen molar-refractivity contribution in [2.45, 2.75) is 33.1 Å². The number of halogens is 3. The van der Waals surface area contributed by atoms with E-state index in [1.807, 2.05) is 0 Å². The highest BCUT2D eigenvalue weighted by atomic mass is 28.4. The highest BCUT2D eigenvalue weighted by Crippen LogP contribution is 2.25. The van der Waals surface area contributed by atoms with E-state index in [4.69, 9.17) is 13.3 Å². The third-order valence-electron chi connectivity index (χ3n) is 2.45. The summed E-state index contributed by atoms with van der Waals surface area (Å²) in [6.07, 6.45) is -2.78. The minimum atomic E-state index is -3.70. The molecule has 0 amide bonds. The Kier molecular flexibility index (Phi) is 6.19. The lowest BCUT2D eigenvalue weighted by atomic mass is 10.4. The fourth-order valence-electron chi connectivity index (χ4n) is 1.61. The third kappa shape index (κ3) is 4.31. The topological polar surface area (TPSA) is 27.7 Å². The van der Waals surface area contributed by atoms with Crippen LogP contribution in [0, 0.1) is 0 Å². The van der Waals surface area contributed by atoms with E-state index in [2.05, 4.69) is 0 Å². The molecule has 1 rings (SSSR count). The van der Waals surface area contributed by atoms with Crippen LogP contribution in [0.1, 0.15) is 20.8 Å². The van der Waals surface area contributed by atoms with Crippen molar-refractivity contribution in [1.82, 2.24) is 0 Å². The van der Waals surface area contributed by atoms with E-state index in [0.29, 0.717) is 12.1 Å². The Morgan fingerprint density at radius 2 is 1.60 bits per heavy atom. The summed E-state index contributed by atoms with van der Waals surface area (Å²) in [6.45, 7) is 4.14. The molecule has 20 heavy (non-hydrogen) atoms. The summed E-state index contributed by atoms with van der Waals surface area (Å²) in [5.41, 5.74) is 0. The number of alkyl halides is 3. The Morgan fingerprint density at radius 3 is 2.00 bits per heavy atom. The molecule has 1 aromatic carbocycles. The van der Waals surface area contributed by atoms with Crippen LogP contribution < -0.4 is 5.19 Å². The first-order valence-corrected chi connectivity index (χ1v) is 8.11. The molecule has 1 aromatic rings. The van der Waals surface area contributed by atoms with Gasteiger partial charge in [-0.3, -0.25) is 0 Å². The van der Waals surface area contributed by atoms with Crippen molar-refractivity contribution >= 4 is 14.0 Å². The maximum atomic E-state index is 13.6. The Balaban J connectivity index is 3.11. The van der Waals surface area contributed by atoms with Crippen molar-refractivity contribution in [2.75, 3.05) is 13.2 Å². The van der Waals surface area contributed by atoms with Crippen molar-refractivity contribution in [2.24, 2.45) is 0 Å². The highest BCUT2D eigenvalue weighted by Gasteiger charge is 2.50. The fourth-order valence-corrected chi connectivity index (χ4v) is 4.14. The molecule has 0 aliphatic rings. The maximum Gasteiger partial charge on any atom is 0.539 e. The summed E-state index contributed by atoms with van der Waals surface area (Å²) < 4.78 is 55.6. The van der Waals surface area contributed by atoms with Crippen molar-refractivity contribution in [1.29, 1.82) is 0 Å². The number of hydrogen-bond acceptors (Lipinski definition) is 3. The van der Waals surface area contributed by atoms with E-state index in [9.17, 15) is 13.2 Å². The Labute approximate surface area is 118 Å². The van der Waals surface area contributed by atoms with Crippen LogP contribution in [0.25, 0.3) is 0 Å². The van der Waals surface area contributed by atoms with Gasteiger partial charge in [0.2, 0.25) is 0 Å². The second-order valence-corrected chi connectivity index (χ2v) is 6.68. The van der Waals surface area contributed by atoms with Gasteiger partial charge in [-0.2, -0.15) is 0 Å². The van der Waals surface area contributed by atoms with Crippen molar-refractivity contribution < 1.29 is 26.4 Å². The fraction of sp³-hybridized carbons (Fsp3) is 0.538. The lowest BCUT2D eigenvalue weighted by molar-refractivity contribution is -0.163. The zero-order valence-corrected chi connectivity index (χ0v) is 12.7. The molecule has 0 aliphatic heterocycles. The molecule has 3 nitrogen and oxygen atoms in total. The SMILES string of the molecule is CCO[Si](OCC)(OC(F)C(C)(F)F)c1ccccc1. The Bertz CT molecular complexity index is 392. The van der Waals surface area contributed by atoms with Gasteiger partial charge in [-0.1, -0.05) is 30.3 Å². The normalized spacial score (nSPS) is 14.3. The molecular weight excluding hydrogens is 289 g/mol. The van der Waals surface area contributed by atoms with Gasteiger partial charge in [0.15, 0.2) is 0 Å². The molecular formula is C13H19F3O3Si. The lowest BCUT2D eigenvalue weighted by Crippen LogP contribution is -2.59. The smallest absolute Gasteiger partial charge is 0.370 e. The molecule has 0 heterocycles. The summed E-state index contributed by atoms with van der Waals surface area (Å²) in [6, 6.07) is 8.38. The van der Waals surface area contributed by atoms with Gasteiger partial charge in [0.1, 0.15) is 0 Å². The number of benzene rings is 1. The van der Waals surface area contributed by atoms with Crippen LogP contribution in [-0.2, 0) is 13.3 Å². The Hall–Kier alpha value is -0.893. The summed E-state index contributed by atoms with van der Waals surface area (Å²) >= 11 is 0. The Morgan fingerprint density at radius 1 is 1.10 bits per heavy atom. The quantitative estimate of drug-likeness (QED) is 0.691. The van der Waals surface area contributed by atoms with Gasteiger partial charge in [0.25, 0.3) is 12.3 Å². The summed E-state index contributed by atoms with van der Waals surface area (Å²) in [5, 5.41) is 0.454. The monoisotopic (exact) mass is 308 g/mol. The van der Waals surface area contributed by atoms with Crippen molar-refractivity contribution in [3.63, 3.8) is 0 Å².